The minimum absolute atomic E-state index is 0.00170. The molecule has 0 aliphatic rings. The van der Waals surface area contributed by atoms with Crippen molar-refractivity contribution in [1.82, 2.24) is 42.5 Å². The third kappa shape index (κ3) is 24.5. The minimum Gasteiger partial charge on any atom is -0.481 e. The maximum absolute atomic E-state index is 13.7. The summed E-state index contributed by atoms with van der Waals surface area (Å²) in [6.07, 6.45) is -0.907. The first-order chi connectivity index (χ1) is 28.8. The smallest absolute Gasteiger partial charge is 0.305 e. The summed E-state index contributed by atoms with van der Waals surface area (Å²) in [6.45, 7) is 1.37. The Morgan fingerprint density at radius 1 is 0.656 bits per heavy atom. The molecule has 0 aromatic heterocycles. The van der Waals surface area contributed by atoms with E-state index < -0.39 is 97.0 Å². The van der Waals surface area contributed by atoms with Gasteiger partial charge >= 0.3 is 5.97 Å². The first kappa shape index (κ1) is 52.9. The van der Waals surface area contributed by atoms with Crippen molar-refractivity contribution in [3.05, 3.63) is 35.9 Å². The lowest BCUT2D eigenvalue weighted by Crippen LogP contribution is -2.59. The molecule has 338 valence electrons. The molecule has 0 aliphatic heterocycles. The van der Waals surface area contributed by atoms with Gasteiger partial charge in [-0.3, -0.25) is 52.9 Å². The van der Waals surface area contributed by atoms with Gasteiger partial charge in [0.2, 0.25) is 53.2 Å². The van der Waals surface area contributed by atoms with Crippen LogP contribution in [0.4, 0.5) is 0 Å². The van der Waals surface area contributed by atoms with Crippen molar-refractivity contribution in [3.63, 3.8) is 0 Å². The molecule has 1 aromatic carbocycles. The van der Waals surface area contributed by atoms with Crippen molar-refractivity contribution >= 4 is 88.6 Å². The highest BCUT2D eigenvalue weighted by molar-refractivity contribution is 7.99. The molecule has 1 aromatic rings. The number of thioether (sulfide) groups is 2. The Morgan fingerprint density at radius 3 is 1.77 bits per heavy atom. The zero-order valence-corrected chi connectivity index (χ0v) is 35.3. The van der Waals surface area contributed by atoms with Crippen LogP contribution >= 0.6 is 23.5 Å². The van der Waals surface area contributed by atoms with Crippen molar-refractivity contribution in [3.8, 4) is 0 Å². The molecule has 17 N–H and O–H groups in total. The molecular weight excluding hydrogens is 843 g/mol. The van der Waals surface area contributed by atoms with Crippen molar-refractivity contribution in [1.29, 1.82) is 0 Å². The van der Waals surface area contributed by atoms with E-state index in [2.05, 4.69) is 47.5 Å². The van der Waals surface area contributed by atoms with Gasteiger partial charge in [0.25, 0.3) is 0 Å². The number of benzene rings is 1. The molecular formula is C35H55N13O11S2. The number of rotatable bonds is 29. The number of nitrogens with zero attached hydrogens (tertiary/aromatic N) is 1. The average molecular weight is 898 g/mol. The van der Waals surface area contributed by atoms with Crippen LogP contribution in [0, 0.1) is 0 Å². The predicted molar refractivity (Wildman–Crippen MR) is 226 cm³/mol. The number of primary amides is 1. The van der Waals surface area contributed by atoms with Gasteiger partial charge in [0, 0.05) is 38.3 Å². The van der Waals surface area contributed by atoms with Crippen LogP contribution in [0.5, 0.6) is 0 Å². The molecule has 61 heavy (non-hydrogen) atoms. The Labute approximate surface area is 359 Å². The Bertz CT molecular complexity index is 1720. The lowest BCUT2D eigenvalue weighted by Gasteiger charge is -2.25. The summed E-state index contributed by atoms with van der Waals surface area (Å²) in [5.41, 5.74) is 22.4. The number of hydrogen-bond donors (Lipinski definition) is 13. The van der Waals surface area contributed by atoms with E-state index in [0.29, 0.717) is 5.56 Å². The van der Waals surface area contributed by atoms with Gasteiger partial charge in [0.1, 0.15) is 24.2 Å². The second-order valence-electron chi connectivity index (χ2n) is 13.0. The molecule has 24 nitrogen and oxygen atoms in total. The van der Waals surface area contributed by atoms with E-state index in [-0.39, 0.29) is 66.8 Å². The molecule has 0 unspecified atom stereocenters. The van der Waals surface area contributed by atoms with Crippen LogP contribution in [0.1, 0.15) is 38.7 Å². The minimum atomic E-state index is -1.78. The first-order valence-corrected chi connectivity index (χ1v) is 20.8. The van der Waals surface area contributed by atoms with Crippen molar-refractivity contribution in [2.45, 2.75) is 69.7 Å². The molecule has 0 radical (unpaired) electrons. The molecule has 0 bridgehead atoms. The lowest BCUT2D eigenvalue weighted by molar-refractivity contribution is -0.141. The highest BCUT2D eigenvalue weighted by Crippen LogP contribution is 2.08. The number of nitrogens with one attached hydrogen (secondary N) is 8. The third-order valence-electron chi connectivity index (χ3n) is 7.78. The van der Waals surface area contributed by atoms with Crippen molar-refractivity contribution in [2.24, 2.45) is 27.9 Å². The summed E-state index contributed by atoms with van der Waals surface area (Å²) in [7, 11) is 0. The fourth-order valence-corrected chi connectivity index (χ4v) is 6.52. The molecule has 0 saturated heterocycles. The summed E-state index contributed by atoms with van der Waals surface area (Å²) in [5.74, 6) is -8.33. The van der Waals surface area contributed by atoms with Crippen LogP contribution in [-0.4, -0.2) is 143 Å². The Hall–Kier alpha value is -6.15. The molecule has 26 heteroatoms. The van der Waals surface area contributed by atoms with Gasteiger partial charge in [0.15, 0.2) is 5.96 Å². The Morgan fingerprint density at radius 2 is 1.20 bits per heavy atom. The van der Waals surface area contributed by atoms with E-state index in [1.165, 1.54) is 13.8 Å². The van der Waals surface area contributed by atoms with Crippen LogP contribution in [0.25, 0.3) is 0 Å². The second kappa shape index (κ2) is 29.1. The van der Waals surface area contributed by atoms with Gasteiger partial charge in [-0.2, -0.15) is 0 Å². The molecule has 5 atom stereocenters. The number of aliphatic imine (C=N–C) groups is 1. The van der Waals surface area contributed by atoms with Crippen molar-refractivity contribution < 1.29 is 53.1 Å². The number of nitrogens with two attached hydrogens (primary N) is 4. The van der Waals surface area contributed by atoms with Gasteiger partial charge in [-0.1, -0.05) is 30.3 Å². The maximum Gasteiger partial charge on any atom is 0.305 e. The number of amides is 9. The second-order valence-corrected chi connectivity index (χ2v) is 15.1. The number of aliphatic carboxylic acids is 1. The largest absolute Gasteiger partial charge is 0.481 e. The van der Waals surface area contributed by atoms with Crippen LogP contribution in [0.15, 0.2) is 35.3 Å². The Kier molecular flexibility index (Phi) is 25.3. The number of carbonyl (C=O) groups excluding carboxylic acids is 9. The predicted octanol–water partition coefficient (Wildman–Crippen LogP) is -5.60. The number of carboxylic acids is 1. The standard InChI is InChI=1S/C35H55N13O11S2/c1-19(49)43-17-60-15-22(36)30(55)46-23(9-6-10-40-35(38)39)31(56)42-14-28(52)45-25(12-29(53)54)34(59)47-24(11-21-7-4-3-5-8-21)33(58)48-26(16-61-18-44-20(2)50)32(57)41-13-27(37)51/h3-5,7-8,22-26H,6,9-18,36H2,1-2H3,(H2,37,51)(H,41,57)(H,42,56)(H,43,49)(H,44,50)(H,45,52)(H,46,55)(H,47,59)(H,48,58)(H,53,54)(H4,38,39,40)/t22-,23-,24-,25-,26-/m0/s1. The van der Waals surface area contributed by atoms with Crippen LogP contribution < -0.4 is 65.5 Å². The quantitative estimate of drug-likeness (QED) is 0.0154. The zero-order valence-electron chi connectivity index (χ0n) is 33.7. The maximum atomic E-state index is 13.7. The molecule has 9 amide bonds. The Balaban J connectivity index is 3.17. The van der Waals surface area contributed by atoms with Crippen LogP contribution in [0.2, 0.25) is 0 Å². The van der Waals surface area contributed by atoms with E-state index in [9.17, 15) is 53.1 Å². The fourth-order valence-electron chi connectivity index (χ4n) is 4.80. The molecule has 0 heterocycles. The summed E-state index contributed by atoms with van der Waals surface area (Å²) in [5, 5.41) is 28.9. The zero-order chi connectivity index (χ0) is 45.9. The SMILES string of the molecule is CC(=O)NCSC[C@H](NC(=O)[C@H](Cc1ccccc1)NC(=O)[C@H](CC(=O)O)NC(=O)CNC(=O)[C@H](CCCN=C(N)N)NC(=O)[C@@H](N)CSCNC(C)=O)C(=O)NCC(N)=O. The highest BCUT2D eigenvalue weighted by atomic mass is 32.2. The van der Waals surface area contributed by atoms with Crippen LogP contribution in [0.3, 0.4) is 0 Å². The van der Waals surface area contributed by atoms with Crippen LogP contribution in [-0.2, 0) is 54.4 Å². The van der Waals surface area contributed by atoms with Gasteiger partial charge in [-0.05, 0) is 18.4 Å². The summed E-state index contributed by atoms with van der Waals surface area (Å²) < 4.78 is 0. The fraction of sp³-hybridized carbons (Fsp3) is 0.514. The van der Waals surface area contributed by atoms with E-state index in [0.717, 1.165) is 23.5 Å². The van der Waals surface area contributed by atoms with E-state index in [1.54, 1.807) is 30.3 Å². The topological polar surface area (TPSA) is 404 Å². The summed E-state index contributed by atoms with van der Waals surface area (Å²) >= 11 is 2.22. The average Bonchev–Trinajstić information content (AvgIpc) is 3.18. The van der Waals surface area contributed by atoms with E-state index in [4.69, 9.17) is 22.9 Å². The van der Waals surface area contributed by atoms with E-state index in [1.807, 2.05) is 0 Å². The third-order valence-corrected chi connectivity index (χ3v) is 9.64. The monoisotopic (exact) mass is 897 g/mol. The number of hydrogen-bond acceptors (Lipinski definition) is 14. The first-order valence-electron chi connectivity index (χ1n) is 18.5. The highest BCUT2D eigenvalue weighted by Gasteiger charge is 2.32. The summed E-state index contributed by atoms with van der Waals surface area (Å²) in [6, 6.07) is 1.46. The number of guanidine groups is 1. The molecule has 0 aliphatic carbocycles. The summed E-state index contributed by atoms with van der Waals surface area (Å²) in [4.78, 5) is 129. The van der Waals surface area contributed by atoms with E-state index >= 15 is 0 Å². The van der Waals surface area contributed by atoms with Gasteiger partial charge in [0.05, 0.1) is 37.3 Å². The lowest BCUT2D eigenvalue weighted by atomic mass is 10.0. The normalized spacial score (nSPS) is 13.0. The van der Waals surface area contributed by atoms with Gasteiger partial charge < -0.3 is 70.6 Å². The number of carbonyl (C=O) groups is 10. The molecule has 1 rings (SSSR count). The molecule has 0 spiro atoms. The molecule has 0 saturated carbocycles. The number of carboxylic acid groups (broad SMARTS) is 1. The van der Waals surface area contributed by atoms with Gasteiger partial charge in [-0.15, -0.1) is 23.5 Å². The van der Waals surface area contributed by atoms with Gasteiger partial charge in [-0.25, -0.2) is 0 Å². The molecule has 0 fully saturated rings. The van der Waals surface area contributed by atoms with Crippen molar-refractivity contribution in [2.75, 3.05) is 42.9 Å².